The molecule has 0 heterocycles. The second-order valence-corrected chi connectivity index (χ2v) is 11.0. The van der Waals surface area contributed by atoms with Gasteiger partial charge in [-0.3, -0.25) is 0 Å². The summed E-state index contributed by atoms with van der Waals surface area (Å²) in [6, 6.07) is 22.1. The van der Waals surface area contributed by atoms with E-state index in [2.05, 4.69) is 0 Å². The standard InChI is InChI=1S/C21H20ClNO4S2/c1-17-12-14-18(15-13-17)21(22)16-23(28(24,25)19-8-4-2-5-9-19)29(26,27)20-10-6-3-7-11-20/h2-15,21H,16H2,1H3. The maximum atomic E-state index is 13.3. The Balaban J connectivity index is 2.08. The number of rotatable bonds is 7. The zero-order valence-electron chi connectivity index (χ0n) is 15.6. The number of aryl methyl sites for hydroxylation is 1. The van der Waals surface area contributed by atoms with E-state index in [1.807, 2.05) is 19.1 Å². The molecular weight excluding hydrogens is 430 g/mol. The minimum absolute atomic E-state index is 0.118. The molecule has 0 fully saturated rings. The van der Waals surface area contributed by atoms with Crippen LogP contribution < -0.4 is 0 Å². The van der Waals surface area contributed by atoms with Gasteiger partial charge in [-0.1, -0.05) is 69.9 Å². The van der Waals surface area contributed by atoms with Gasteiger partial charge < -0.3 is 0 Å². The fourth-order valence-electron chi connectivity index (χ4n) is 2.76. The number of hydrogen-bond donors (Lipinski definition) is 0. The van der Waals surface area contributed by atoms with Crippen LogP contribution in [-0.4, -0.2) is 27.1 Å². The molecule has 152 valence electrons. The Hall–Kier alpha value is -2.19. The Kier molecular flexibility index (Phi) is 6.43. The first-order valence-corrected chi connectivity index (χ1v) is 12.1. The van der Waals surface area contributed by atoms with Gasteiger partial charge >= 0.3 is 0 Å². The highest BCUT2D eigenvalue weighted by Crippen LogP contribution is 2.30. The number of nitrogens with zero attached hydrogens (tertiary/aromatic N) is 1. The molecule has 0 aliphatic heterocycles. The van der Waals surface area contributed by atoms with Crippen LogP contribution in [0.3, 0.4) is 0 Å². The summed E-state index contributed by atoms with van der Waals surface area (Å²) in [5, 5.41) is -0.854. The molecular formula is C21H20ClNO4S2. The van der Waals surface area contributed by atoms with E-state index in [-0.39, 0.29) is 9.79 Å². The molecule has 3 aromatic rings. The summed E-state index contributed by atoms with van der Waals surface area (Å²) < 4.78 is 53.5. The van der Waals surface area contributed by atoms with Crippen LogP contribution in [0.5, 0.6) is 0 Å². The second kappa shape index (κ2) is 8.67. The van der Waals surface area contributed by atoms with Crippen molar-refractivity contribution in [2.24, 2.45) is 0 Å². The molecule has 0 radical (unpaired) electrons. The van der Waals surface area contributed by atoms with Gasteiger partial charge in [0.2, 0.25) is 0 Å². The van der Waals surface area contributed by atoms with Crippen LogP contribution in [0.1, 0.15) is 16.5 Å². The van der Waals surface area contributed by atoms with E-state index in [9.17, 15) is 16.8 Å². The molecule has 3 rings (SSSR count). The van der Waals surface area contributed by atoms with Crippen LogP contribution in [0.25, 0.3) is 0 Å². The average Bonchev–Trinajstić information content (AvgIpc) is 2.73. The molecule has 0 spiro atoms. The Labute approximate surface area is 176 Å². The summed E-state index contributed by atoms with van der Waals surface area (Å²) >= 11 is 6.47. The van der Waals surface area contributed by atoms with E-state index >= 15 is 0 Å². The van der Waals surface area contributed by atoms with Crippen molar-refractivity contribution in [2.75, 3.05) is 6.54 Å². The third kappa shape index (κ3) is 4.70. The van der Waals surface area contributed by atoms with Crippen molar-refractivity contribution in [3.63, 3.8) is 0 Å². The van der Waals surface area contributed by atoms with Gasteiger partial charge in [-0.25, -0.2) is 16.8 Å². The van der Waals surface area contributed by atoms with E-state index < -0.39 is 32.0 Å². The summed E-state index contributed by atoms with van der Waals surface area (Å²) in [6.07, 6.45) is 0. The van der Waals surface area contributed by atoms with Crippen molar-refractivity contribution in [1.82, 2.24) is 3.71 Å². The van der Waals surface area contributed by atoms with Gasteiger partial charge in [-0.2, -0.15) is 0 Å². The van der Waals surface area contributed by atoms with E-state index in [0.717, 1.165) is 5.56 Å². The summed E-state index contributed by atoms with van der Waals surface area (Å²) in [7, 11) is -8.71. The highest BCUT2D eigenvalue weighted by atomic mass is 35.5. The van der Waals surface area contributed by atoms with Crippen LogP contribution in [0.4, 0.5) is 0 Å². The monoisotopic (exact) mass is 449 g/mol. The fraction of sp³-hybridized carbons (Fsp3) is 0.143. The summed E-state index contributed by atoms with van der Waals surface area (Å²) in [5.74, 6) is 0. The largest absolute Gasteiger partial charge is 0.256 e. The quantitative estimate of drug-likeness (QED) is 0.502. The van der Waals surface area contributed by atoms with Gasteiger partial charge in [0.15, 0.2) is 0 Å². The lowest BCUT2D eigenvalue weighted by molar-refractivity contribution is 0.494. The lowest BCUT2D eigenvalue weighted by Crippen LogP contribution is -2.39. The molecule has 0 saturated carbocycles. The lowest BCUT2D eigenvalue weighted by Gasteiger charge is -2.24. The molecule has 0 saturated heterocycles. The number of alkyl halides is 1. The number of benzene rings is 3. The van der Waals surface area contributed by atoms with Crippen molar-refractivity contribution in [2.45, 2.75) is 22.1 Å². The molecule has 0 aromatic heterocycles. The minimum atomic E-state index is -4.36. The normalized spacial score (nSPS) is 13.3. The third-order valence-electron chi connectivity index (χ3n) is 4.37. The molecule has 5 nitrogen and oxygen atoms in total. The average molecular weight is 450 g/mol. The van der Waals surface area contributed by atoms with Crippen molar-refractivity contribution >= 4 is 31.6 Å². The van der Waals surface area contributed by atoms with Crippen LogP contribution in [0.2, 0.25) is 0 Å². The Morgan fingerprint density at radius 1 is 0.724 bits per heavy atom. The molecule has 0 amide bonds. The second-order valence-electron chi connectivity index (χ2n) is 6.47. The van der Waals surface area contributed by atoms with Gasteiger partial charge in [0.05, 0.1) is 21.7 Å². The van der Waals surface area contributed by atoms with Gasteiger partial charge in [0.1, 0.15) is 0 Å². The van der Waals surface area contributed by atoms with Gasteiger partial charge in [0, 0.05) is 0 Å². The highest BCUT2D eigenvalue weighted by molar-refractivity contribution is 8.04. The molecule has 0 N–H and O–H groups in total. The lowest BCUT2D eigenvalue weighted by atomic mass is 10.1. The molecule has 29 heavy (non-hydrogen) atoms. The Morgan fingerprint density at radius 2 is 1.14 bits per heavy atom. The van der Waals surface area contributed by atoms with E-state index in [4.69, 9.17) is 11.6 Å². The molecule has 0 aliphatic rings. The van der Waals surface area contributed by atoms with Crippen molar-refractivity contribution in [3.05, 3.63) is 96.1 Å². The summed E-state index contributed by atoms with van der Waals surface area (Å²) in [5.41, 5.74) is 1.65. The Morgan fingerprint density at radius 3 is 1.55 bits per heavy atom. The summed E-state index contributed by atoms with van der Waals surface area (Å²) in [4.78, 5) is -0.237. The highest BCUT2D eigenvalue weighted by Gasteiger charge is 2.38. The van der Waals surface area contributed by atoms with E-state index in [1.54, 1.807) is 48.5 Å². The van der Waals surface area contributed by atoms with Crippen LogP contribution in [0.15, 0.2) is 94.7 Å². The predicted molar refractivity (Wildman–Crippen MR) is 114 cm³/mol. The van der Waals surface area contributed by atoms with Crippen molar-refractivity contribution in [3.8, 4) is 0 Å². The first-order valence-electron chi connectivity index (χ1n) is 8.81. The van der Waals surface area contributed by atoms with Crippen molar-refractivity contribution in [1.29, 1.82) is 0 Å². The minimum Gasteiger partial charge on any atom is -0.206 e. The van der Waals surface area contributed by atoms with Crippen LogP contribution in [0, 0.1) is 6.92 Å². The van der Waals surface area contributed by atoms with E-state index in [1.165, 1.54) is 24.3 Å². The molecule has 0 bridgehead atoms. The van der Waals surface area contributed by atoms with Crippen LogP contribution in [-0.2, 0) is 20.0 Å². The predicted octanol–water partition coefficient (Wildman–Crippen LogP) is 4.35. The molecule has 0 aliphatic carbocycles. The van der Waals surface area contributed by atoms with Crippen LogP contribution >= 0.6 is 11.6 Å². The zero-order valence-corrected chi connectivity index (χ0v) is 18.0. The Bertz CT molecular complexity index is 1090. The topological polar surface area (TPSA) is 71.5 Å². The number of sulfonamides is 2. The van der Waals surface area contributed by atoms with Gasteiger partial charge in [0.25, 0.3) is 20.0 Å². The molecule has 8 heteroatoms. The first-order chi connectivity index (χ1) is 13.7. The van der Waals surface area contributed by atoms with Gasteiger partial charge in [-0.05, 0) is 36.8 Å². The zero-order chi connectivity index (χ0) is 21.1. The molecule has 1 unspecified atom stereocenters. The number of hydrogen-bond acceptors (Lipinski definition) is 4. The first kappa shape index (κ1) is 21.5. The van der Waals surface area contributed by atoms with Crippen molar-refractivity contribution < 1.29 is 16.8 Å². The SMILES string of the molecule is Cc1ccc(C(Cl)CN(S(=O)(=O)c2ccccc2)S(=O)(=O)c2ccccc2)cc1. The number of halogens is 1. The molecule has 3 aromatic carbocycles. The van der Waals surface area contributed by atoms with Gasteiger partial charge in [-0.15, -0.1) is 11.6 Å². The van der Waals surface area contributed by atoms with E-state index in [0.29, 0.717) is 9.27 Å². The summed E-state index contributed by atoms with van der Waals surface area (Å²) in [6.45, 7) is 1.48. The fourth-order valence-corrected chi connectivity index (χ4v) is 6.92. The third-order valence-corrected chi connectivity index (χ3v) is 9.04. The maximum absolute atomic E-state index is 13.3. The smallest absolute Gasteiger partial charge is 0.206 e. The maximum Gasteiger partial charge on any atom is 0.256 e. The molecule has 1 atom stereocenters.